The zero-order chi connectivity index (χ0) is 28.8. The Morgan fingerprint density at radius 1 is 0.725 bits per heavy atom. The maximum atomic E-state index is 12.0. The van der Waals surface area contributed by atoms with Crippen molar-refractivity contribution in [3.8, 4) is 25.9 Å². The predicted molar refractivity (Wildman–Crippen MR) is 146 cm³/mol. The summed E-state index contributed by atoms with van der Waals surface area (Å²) in [6.45, 7) is 4.38. The van der Waals surface area contributed by atoms with Crippen molar-refractivity contribution in [2.75, 3.05) is 6.61 Å². The van der Waals surface area contributed by atoms with Crippen LogP contribution in [0.3, 0.4) is 0 Å². The van der Waals surface area contributed by atoms with Crippen LogP contribution in [0.1, 0.15) is 27.7 Å². The Morgan fingerprint density at radius 3 is 1.95 bits per heavy atom. The highest BCUT2D eigenvalue weighted by Crippen LogP contribution is 2.37. The summed E-state index contributed by atoms with van der Waals surface area (Å²) in [5, 5.41) is 2.04. The summed E-state index contributed by atoms with van der Waals surface area (Å²) in [5.74, 6) is -2.34. The van der Waals surface area contributed by atoms with Crippen molar-refractivity contribution in [3.05, 3.63) is 53.9 Å². The number of ether oxygens (including phenoxy) is 6. The van der Waals surface area contributed by atoms with E-state index < -0.39 is 54.6 Å². The second-order valence-electron chi connectivity index (χ2n) is 8.85. The van der Waals surface area contributed by atoms with Crippen LogP contribution < -0.4 is 4.74 Å². The summed E-state index contributed by atoms with van der Waals surface area (Å²) in [4.78, 5) is 50.8. The maximum Gasteiger partial charge on any atom is 0.303 e. The van der Waals surface area contributed by atoms with Crippen molar-refractivity contribution in [2.24, 2.45) is 0 Å². The summed E-state index contributed by atoms with van der Waals surface area (Å²) < 4.78 is 33.4. The third-order valence-electron chi connectivity index (χ3n) is 5.71. The van der Waals surface area contributed by atoms with Gasteiger partial charge in [-0.3, -0.25) is 19.2 Å². The van der Waals surface area contributed by atoms with Crippen LogP contribution in [0.5, 0.6) is 5.75 Å². The van der Waals surface area contributed by atoms with Crippen LogP contribution in [0.15, 0.2) is 53.9 Å². The SMILES string of the molecule is CC(=O)OCC1O[C@@H](Oc2ccc(-c3ccc(-c4cccs4)s3)cc2)C(OC(C)=O)[C@@H](OC(C)=O)[C@H]1OC(C)=O. The van der Waals surface area contributed by atoms with Crippen molar-refractivity contribution in [3.63, 3.8) is 0 Å². The van der Waals surface area contributed by atoms with Gasteiger partial charge in [-0.05, 0) is 53.4 Å². The van der Waals surface area contributed by atoms with Crippen LogP contribution in [-0.4, -0.2) is 61.2 Å². The fourth-order valence-electron chi connectivity index (χ4n) is 4.16. The van der Waals surface area contributed by atoms with Crippen molar-refractivity contribution in [2.45, 2.75) is 58.4 Å². The smallest absolute Gasteiger partial charge is 0.303 e. The van der Waals surface area contributed by atoms with Gasteiger partial charge in [-0.25, -0.2) is 0 Å². The van der Waals surface area contributed by atoms with E-state index in [9.17, 15) is 19.2 Å². The van der Waals surface area contributed by atoms with Gasteiger partial charge in [0.15, 0.2) is 12.2 Å². The van der Waals surface area contributed by atoms with Crippen LogP contribution >= 0.6 is 22.7 Å². The number of rotatable bonds is 9. The molecule has 40 heavy (non-hydrogen) atoms. The minimum absolute atomic E-state index is 0.332. The Balaban J connectivity index is 1.59. The topological polar surface area (TPSA) is 124 Å². The molecular formula is C28H28O10S2. The Labute approximate surface area is 238 Å². The van der Waals surface area contributed by atoms with Gasteiger partial charge in [0.2, 0.25) is 12.4 Å². The molecule has 1 aliphatic rings. The Hall–Kier alpha value is -3.74. The van der Waals surface area contributed by atoms with E-state index in [0.29, 0.717) is 5.75 Å². The number of benzene rings is 1. The van der Waals surface area contributed by atoms with Gasteiger partial charge in [0.1, 0.15) is 18.5 Å². The largest absolute Gasteiger partial charge is 0.463 e. The molecule has 0 aliphatic carbocycles. The van der Waals surface area contributed by atoms with E-state index in [0.717, 1.165) is 24.3 Å². The van der Waals surface area contributed by atoms with Crippen LogP contribution in [0, 0.1) is 0 Å². The van der Waals surface area contributed by atoms with E-state index in [1.165, 1.54) is 23.6 Å². The van der Waals surface area contributed by atoms with E-state index in [1.807, 2.05) is 23.6 Å². The first-order valence-electron chi connectivity index (χ1n) is 12.3. The molecule has 0 radical (unpaired) electrons. The minimum atomic E-state index is -1.30. The molecule has 2 unspecified atom stereocenters. The molecule has 1 saturated heterocycles. The lowest BCUT2D eigenvalue weighted by Crippen LogP contribution is -2.63. The van der Waals surface area contributed by atoms with E-state index in [4.69, 9.17) is 28.4 Å². The van der Waals surface area contributed by atoms with Gasteiger partial charge < -0.3 is 28.4 Å². The summed E-state index contributed by atoms with van der Waals surface area (Å²) in [5.41, 5.74) is 0.974. The van der Waals surface area contributed by atoms with Gasteiger partial charge in [0.05, 0.1) is 0 Å². The lowest BCUT2D eigenvalue weighted by Gasteiger charge is -2.43. The predicted octanol–water partition coefficient (Wildman–Crippen LogP) is 4.61. The summed E-state index contributed by atoms with van der Waals surface area (Å²) in [6.07, 6.45) is -6.23. The number of hydrogen-bond donors (Lipinski definition) is 0. The molecule has 10 nitrogen and oxygen atoms in total. The molecule has 12 heteroatoms. The minimum Gasteiger partial charge on any atom is -0.463 e. The summed E-state index contributed by atoms with van der Waals surface area (Å²) in [6, 6.07) is 15.4. The highest BCUT2D eigenvalue weighted by Gasteiger charge is 2.53. The standard InChI is InChI=1S/C28H28O10S2/c1-15(29)33-14-21-25(34-16(2)30)26(35-17(3)31)27(36-18(4)32)28(38-21)37-20-9-7-19(8-10-20)22-11-12-24(40-22)23-6-5-13-39-23/h5-13,21,25-28H,14H2,1-4H3/t21?,25-,26-,27?,28+/m0/s1. The molecule has 1 aliphatic heterocycles. The van der Waals surface area contributed by atoms with Gasteiger partial charge in [0.25, 0.3) is 0 Å². The maximum absolute atomic E-state index is 12.0. The van der Waals surface area contributed by atoms with Crippen molar-refractivity contribution in [1.82, 2.24) is 0 Å². The van der Waals surface area contributed by atoms with Gasteiger partial charge in [-0.1, -0.05) is 6.07 Å². The molecule has 4 rings (SSSR count). The van der Waals surface area contributed by atoms with E-state index in [2.05, 4.69) is 18.2 Å². The van der Waals surface area contributed by atoms with Gasteiger partial charge in [-0.15, -0.1) is 22.7 Å². The number of carbonyl (C=O) groups excluding carboxylic acids is 4. The average molecular weight is 589 g/mol. The number of esters is 4. The van der Waals surface area contributed by atoms with Crippen LogP contribution in [0.2, 0.25) is 0 Å². The van der Waals surface area contributed by atoms with E-state index in [1.54, 1.807) is 34.8 Å². The quantitative estimate of drug-likeness (QED) is 0.259. The highest BCUT2D eigenvalue weighted by atomic mass is 32.1. The molecule has 3 heterocycles. The molecule has 2 aromatic heterocycles. The van der Waals surface area contributed by atoms with Gasteiger partial charge >= 0.3 is 23.9 Å². The van der Waals surface area contributed by atoms with Gasteiger partial charge in [-0.2, -0.15) is 0 Å². The molecule has 3 aromatic rings. The second-order valence-corrected chi connectivity index (χ2v) is 10.9. The molecule has 0 N–H and O–H groups in total. The molecule has 0 spiro atoms. The Kier molecular flexibility index (Phi) is 9.56. The normalized spacial score (nSPS) is 22.1. The van der Waals surface area contributed by atoms with Crippen LogP contribution in [0.25, 0.3) is 20.2 Å². The van der Waals surface area contributed by atoms with Crippen molar-refractivity contribution in [1.29, 1.82) is 0 Å². The third-order valence-corrected chi connectivity index (χ3v) is 7.91. The zero-order valence-corrected chi connectivity index (χ0v) is 23.8. The van der Waals surface area contributed by atoms with Crippen LogP contribution in [0.4, 0.5) is 0 Å². The Bertz CT molecular complexity index is 1330. The monoisotopic (exact) mass is 588 g/mol. The summed E-state index contributed by atoms with van der Waals surface area (Å²) >= 11 is 3.34. The fraction of sp³-hybridized carbons (Fsp3) is 0.357. The van der Waals surface area contributed by atoms with E-state index in [-0.39, 0.29) is 6.61 Å². The zero-order valence-electron chi connectivity index (χ0n) is 22.2. The average Bonchev–Trinajstić information content (AvgIpc) is 3.58. The molecule has 0 saturated carbocycles. The number of thiophene rings is 2. The van der Waals surface area contributed by atoms with Gasteiger partial charge in [0, 0.05) is 42.3 Å². The first-order chi connectivity index (χ1) is 19.1. The van der Waals surface area contributed by atoms with E-state index >= 15 is 0 Å². The Morgan fingerprint density at radius 2 is 1.35 bits per heavy atom. The van der Waals surface area contributed by atoms with Crippen molar-refractivity contribution >= 4 is 46.6 Å². The summed E-state index contributed by atoms with van der Waals surface area (Å²) in [7, 11) is 0. The lowest BCUT2D eigenvalue weighted by molar-refractivity contribution is -0.288. The lowest BCUT2D eigenvalue weighted by atomic mass is 9.98. The molecule has 1 fully saturated rings. The molecule has 5 atom stereocenters. The fourth-order valence-corrected chi connectivity index (χ4v) is 6.01. The second kappa shape index (κ2) is 13.1. The first kappa shape index (κ1) is 29.2. The molecule has 0 amide bonds. The van der Waals surface area contributed by atoms with Crippen LogP contribution in [-0.2, 0) is 42.9 Å². The number of carbonyl (C=O) groups is 4. The third kappa shape index (κ3) is 7.46. The molecule has 212 valence electrons. The van der Waals surface area contributed by atoms with Crippen molar-refractivity contribution < 1.29 is 47.6 Å². The molecule has 0 bridgehead atoms. The number of hydrogen-bond acceptors (Lipinski definition) is 12. The molecule has 1 aromatic carbocycles. The highest BCUT2D eigenvalue weighted by molar-refractivity contribution is 7.23. The first-order valence-corrected chi connectivity index (χ1v) is 14.0. The molecular weight excluding hydrogens is 560 g/mol.